The van der Waals surface area contributed by atoms with Crippen molar-refractivity contribution in [2.75, 3.05) is 0 Å². The molecule has 1 nitrogen and oxygen atoms in total. The number of benzene rings is 2. The van der Waals surface area contributed by atoms with Gasteiger partial charge in [0.2, 0.25) is 0 Å². The van der Waals surface area contributed by atoms with Crippen LogP contribution in [-0.4, -0.2) is 5.11 Å². The van der Waals surface area contributed by atoms with Crippen molar-refractivity contribution >= 4 is 15.9 Å². The minimum Gasteiger partial charge on any atom is -0.388 e. The molecule has 1 N–H and O–H groups in total. The van der Waals surface area contributed by atoms with E-state index in [-0.39, 0.29) is 12.2 Å². The first kappa shape index (κ1) is 13.2. The molecule has 1 unspecified atom stereocenters. The highest BCUT2D eigenvalue weighted by Crippen LogP contribution is 2.23. The molecule has 0 saturated carbocycles. The first-order valence-electron chi connectivity index (χ1n) is 5.44. The van der Waals surface area contributed by atoms with Crippen LogP contribution in [0.15, 0.2) is 46.9 Å². The van der Waals surface area contributed by atoms with Gasteiger partial charge < -0.3 is 5.11 Å². The van der Waals surface area contributed by atoms with Gasteiger partial charge in [-0.1, -0.05) is 28.1 Å². The van der Waals surface area contributed by atoms with Crippen LogP contribution in [-0.2, 0) is 6.42 Å². The van der Waals surface area contributed by atoms with Crippen LogP contribution in [0.4, 0.5) is 8.78 Å². The predicted molar refractivity (Wildman–Crippen MR) is 69.2 cm³/mol. The molecule has 0 aromatic heterocycles. The molecule has 0 aliphatic rings. The summed E-state index contributed by atoms with van der Waals surface area (Å²) in [4.78, 5) is 0. The smallest absolute Gasteiger partial charge is 0.126 e. The topological polar surface area (TPSA) is 20.2 Å². The van der Waals surface area contributed by atoms with E-state index in [0.29, 0.717) is 11.1 Å². The maximum absolute atomic E-state index is 13.5. The second kappa shape index (κ2) is 5.59. The van der Waals surface area contributed by atoms with Crippen molar-refractivity contribution in [3.8, 4) is 0 Å². The first-order chi connectivity index (χ1) is 8.56. The molecule has 18 heavy (non-hydrogen) atoms. The fourth-order valence-corrected chi connectivity index (χ4v) is 2.15. The molecule has 0 aliphatic carbocycles. The van der Waals surface area contributed by atoms with Crippen molar-refractivity contribution in [3.63, 3.8) is 0 Å². The summed E-state index contributed by atoms with van der Waals surface area (Å²) in [6, 6.07) is 10.2. The number of aliphatic hydroxyl groups excluding tert-OH is 1. The zero-order chi connectivity index (χ0) is 13.1. The van der Waals surface area contributed by atoms with Gasteiger partial charge in [0.1, 0.15) is 11.6 Å². The molecule has 4 heteroatoms. The minimum absolute atomic E-state index is 0.106. The maximum Gasteiger partial charge on any atom is 0.126 e. The van der Waals surface area contributed by atoms with Gasteiger partial charge in [-0.2, -0.15) is 0 Å². The zero-order valence-electron chi connectivity index (χ0n) is 9.41. The van der Waals surface area contributed by atoms with Gasteiger partial charge in [-0.25, -0.2) is 8.78 Å². The van der Waals surface area contributed by atoms with Crippen LogP contribution in [0.3, 0.4) is 0 Å². The van der Waals surface area contributed by atoms with E-state index in [0.717, 1.165) is 4.47 Å². The quantitative estimate of drug-likeness (QED) is 0.908. The lowest BCUT2D eigenvalue weighted by molar-refractivity contribution is 0.176. The Morgan fingerprint density at radius 3 is 2.61 bits per heavy atom. The molecule has 0 radical (unpaired) electrons. The van der Waals surface area contributed by atoms with Gasteiger partial charge >= 0.3 is 0 Å². The normalized spacial score (nSPS) is 12.4. The Balaban J connectivity index is 2.21. The number of aliphatic hydroxyl groups is 1. The minimum atomic E-state index is -0.926. The third-order valence-electron chi connectivity index (χ3n) is 2.65. The second-order valence-electron chi connectivity index (χ2n) is 4.01. The Hall–Kier alpha value is -1.26. The predicted octanol–water partition coefficient (Wildman–Crippen LogP) is 4.00. The van der Waals surface area contributed by atoms with Crippen LogP contribution in [0.5, 0.6) is 0 Å². The van der Waals surface area contributed by atoms with Crippen LogP contribution in [0.25, 0.3) is 0 Å². The molecule has 2 aromatic carbocycles. The highest BCUT2D eigenvalue weighted by atomic mass is 79.9. The summed E-state index contributed by atoms with van der Waals surface area (Å²) in [5.41, 5.74) is 0.829. The Kier molecular flexibility index (Phi) is 4.09. The van der Waals surface area contributed by atoms with Gasteiger partial charge in [-0.3, -0.25) is 0 Å². The van der Waals surface area contributed by atoms with Crippen molar-refractivity contribution in [3.05, 3.63) is 69.7 Å². The zero-order valence-corrected chi connectivity index (χ0v) is 11.0. The Bertz CT molecular complexity index is 557. The van der Waals surface area contributed by atoms with Crippen molar-refractivity contribution < 1.29 is 13.9 Å². The summed E-state index contributed by atoms with van der Waals surface area (Å²) >= 11 is 3.25. The van der Waals surface area contributed by atoms with E-state index in [2.05, 4.69) is 15.9 Å². The third kappa shape index (κ3) is 3.15. The Morgan fingerprint density at radius 1 is 1.11 bits per heavy atom. The molecule has 2 rings (SSSR count). The summed E-state index contributed by atoms with van der Waals surface area (Å²) in [5.74, 6) is -0.796. The number of rotatable bonds is 3. The lowest BCUT2D eigenvalue weighted by atomic mass is 10.0. The Morgan fingerprint density at radius 2 is 1.89 bits per heavy atom. The molecule has 0 spiro atoms. The van der Waals surface area contributed by atoms with Crippen molar-refractivity contribution in [1.82, 2.24) is 0 Å². The molecular weight excluding hydrogens is 302 g/mol. The highest BCUT2D eigenvalue weighted by Gasteiger charge is 2.12. The fraction of sp³-hybridized carbons (Fsp3) is 0.143. The van der Waals surface area contributed by atoms with Gasteiger partial charge in [0, 0.05) is 10.9 Å². The fourth-order valence-electron chi connectivity index (χ4n) is 1.74. The number of hydrogen-bond acceptors (Lipinski definition) is 1. The van der Waals surface area contributed by atoms with E-state index < -0.39 is 11.9 Å². The third-order valence-corrected chi connectivity index (χ3v) is 3.15. The van der Waals surface area contributed by atoms with Crippen LogP contribution in [0.2, 0.25) is 0 Å². The Labute approximate surface area is 112 Å². The largest absolute Gasteiger partial charge is 0.388 e. The molecule has 0 fully saturated rings. The van der Waals surface area contributed by atoms with Crippen molar-refractivity contribution in [2.24, 2.45) is 0 Å². The standard InChI is InChI=1S/C14H11BrF2O/c15-11-4-5-13(17)10(6-11)8-14(18)9-2-1-3-12(16)7-9/h1-7,14,18H,8H2. The SMILES string of the molecule is OC(Cc1cc(Br)ccc1F)c1cccc(F)c1. The maximum atomic E-state index is 13.5. The average Bonchev–Trinajstić information content (AvgIpc) is 2.34. The lowest BCUT2D eigenvalue weighted by Gasteiger charge is -2.12. The van der Waals surface area contributed by atoms with Crippen LogP contribution in [0.1, 0.15) is 17.2 Å². The van der Waals surface area contributed by atoms with Gasteiger partial charge in [0.15, 0.2) is 0 Å². The molecule has 0 aliphatic heterocycles. The molecular formula is C14H11BrF2O. The second-order valence-corrected chi connectivity index (χ2v) is 4.93. The first-order valence-corrected chi connectivity index (χ1v) is 6.23. The summed E-state index contributed by atoms with van der Waals surface area (Å²) in [5, 5.41) is 9.97. The molecule has 1 atom stereocenters. The van der Waals surface area contributed by atoms with Crippen molar-refractivity contribution in [2.45, 2.75) is 12.5 Å². The highest BCUT2D eigenvalue weighted by molar-refractivity contribution is 9.10. The van der Waals surface area contributed by atoms with Gasteiger partial charge in [-0.05, 0) is 41.5 Å². The van der Waals surface area contributed by atoms with Crippen LogP contribution in [0, 0.1) is 11.6 Å². The summed E-state index contributed by atoms with van der Waals surface area (Å²) in [6.07, 6.45) is -0.821. The molecule has 0 bridgehead atoms. The molecule has 2 aromatic rings. The summed E-state index contributed by atoms with van der Waals surface area (Å²) < 4.78 is 27.3. The van der Waals surface area contributed by atoms with Crippen molar-refractivity contribution in [1.29, 1.82) is 0 Å². The van der Waals surface area contributed by atoms with E-state index in [1.54, 1.807) is 18.2 Å². The molecule has 94 valence electrons. The summed E-state index contributed by atoms with van der Waals surface area (Å²) in [7, 11) is 0. The number of hydrogen-bond donors (Lipinski definition) is 1. The van der Waals surface area contributed by atoms with E-state index in [4.69, 9.17) is 0 Å². The molecule has 0 heterocycles. The number of halogens is 3. The van der Waals surface area contributed by atoms with Crippen LogP contribution < -0.4 is 0 Å². The monoisotopic (exact) mass is 312 g/mol. The van der Waals surface area contributed by atoms with Gasteiger partial charge in [0.05, 0.1) is 6.10 Å². The van der Waals surface area contributed by atoms with Gasteiger partial charge in [0.25, 0.3) is 0 Å². The van der Waals surface area contributed by atoms with Gasteiger partial charge in [-0.15, -0.1) is 0 Å². The lowest BCUT2D eigenvalue weighted by Crippen LogP contribution is -2.04. The van der Waals surface area contributed by atoms with E-state index in [9.17, 15) is 13.9 Å². The molecule has 0 amide bonds. The van der Waals surface area contributed by atoms with E-state index in [1.807, 2.05) is 0 Å². The van der Waals surface area contributed by atoms with E-state index >= 15 is 0 Å². The van der Waals surface area contributed by atoms with Crippen LogP contribution >= 0.6 is 15.9 Å². The van der Waals surface area contributed by atoms with E-state index in [1.165, 1.54) is 24.3 Å². The average molecular weight is 313 g/mol. The summed E-state index contributed by atoms with van der Waals surface area (Å²) in [6.45, 7) is 0. The molecule has 0 saturated heterocycles.